The van der Waals surface area contributed by atoms with E-state index in [4.69, 9.17) is 4.74 Å². The molecule has 0 spiro atoms. The van der Waals surface area contributed by atoms with Gasteiger partial charge in [-0.25, -0.2) is 13.6 Å². The van der Waals surface area contributed by atoms with Crippen LogP contribution in [0.4, 0.5) is 22.0 Å². The number of benzene rings is 1. The lowest BCUT2D eigenvalue weighted by molar-refractivity contribution is -0.142. The summed E-state index contributed by atoms with van der Waals surface area (Å²) in [6.07, 6.45) is -1.73. The van der Waals surface area contributed by atoms with Crippen molar-refractivity contribution >= 4 is 12.0 Å². The minimum atomic E-state index is -5.12. The van der Waals surface area contributed by atoms with Crippen molar-refractivity contribution in [1.29, 1.82) is 0 Å². The zero-order chi connectivity index (χ0) is 16.0. The number of alkyl halides is 3. The van der Waals surface area contributed by atoms with Crippen molar-refractivity contribution in [2.24, 2.45) is 0 Å². The first kappa shape index (κ1) is 17.1. The monoisotopic (exact) mass is 308 g/mol. The highest BCUT2D eigenvalue weighted by Gasteiger charge is 2.37. The highest BCUT2D eigenvalue weighted by atomic mass is 19.4. The van der Waals surface area contributed by atoms with E-state index in [1.165, 1.54) is 0 Å². The van der Waals surface area contributed by atoms with E-state index in [1.807, 2.05) is 6.92 Å². The lowest BCUT2D eigenvalue weighted by Gasteiger charge is -2.09. The summed E-state index contributed by atoms with van der Waals surface area (Å²) in [5.74, 6) is -4.20. The summed E-state index contributed by atoms with van der Waals surface area (Å²) in [6.45, 7) is 2.10. The molecule has 1 aromatic carbocycles. The smallest absolute Gasteiger partial charge is 0.422 e. The van der Waals surface area contributed by atoms with Crippen molar-refractivity contribution in [3.8, 4) is 0 Å². The Labute approximate surface area is 118 Å². The van der Waals surface area contributed by atoms with Crippen LogP contribution in [-0.2, 0) is 15.7 Å². The van der Waals surface area contributed by atoms with Crippen LogP contribution >= 0.6 is 0 Å². The molecule has 0 atom stereocenters. The predicted molar refractivity (Wildman–Crippen MR) is 66.3 cm³/mol. The van der Waals surface area contributed by atoms with Gasteiger partial charge in [0.15, 0.2) is 0 Å². The number of ether oxygens (including phenoxy) is 1. The molecule has 1 rings (SSSR count). The third kappa shape index (κ3) is 5.17. The minimum absolute atomic E-state index is 0.203. The average molecular weight is 308 g/mol. The molecule has 0 unspecified atom stereocenters. The third-order valence-electron chi connectivity index (χ3n) is 2.50. The molecule has 1 aromatic rings. The number of carbonyl (C=O) groups is 1. The number of unbranched alkanes of at least 4 members (excludes halogenated alkanes) is 1. The van der Waals surface area contributed by atoms with Gasteiger partial charge in [0.05, 0.1) is 6.61 Å². The fourth-order valence-electron chi connectivity index (χ4n) is 1.49. The normalized spacial score (nSPS) is 11.9. The van der Waals surface area contributed by atoms with Crippen molar-refractivity contribution in [1.82, 2.24) is 0 Å². The van der Waals surface area contributed by atoms with E-state index < -0.39 is 29.3 Å². The number of rotatable bonds is 5. The van der Waals surface area contributed by atoms with Crippen molar-refractivity contribution in [2.45, 2.75) is 25.9 Å². The summed E-state index contributed by atoms with van der Waals surface area (Å²) in [5, 5.41) is 0. The van der Waals surface area contributed by atoms with Gasteiger partial charge in [-0.3, -0.25) is 0 Å². The first-order valence-corrected chi connectivity index (χ1v) is 6.16. The molecule has 0 fully saturated rings. The van der Waals surface area contributed by atoms with Crippen LogP contribution in [0.15, 0.2) is 18.2 Å². The fourth-order valence-corrected chi connectivity index (χ4v) is 1.49. The summed E-state index contributed by atoms with van der Waals surface area (Å²) in [5.41, 5.74) is -2.16. The zero-order valence-electron chi connectivity index (χ0n) is 11.1. The highest BCUT2D eigenvalue weighted by molar-refractivity contribution is 5.87. The Morgan fingerprint density at radius 2 is 1.81 bits per heavy atom. The van der Waals surface area contributed by atoms with Gasteiger partial charge in [0.2, 0.25) is 0 Å². The van der Waals surface area contributed by atoms with Crippen LogP contribution in [0.2, 0.25) is 0 Å². The van der Waals surface area contributed by atoms with E-state index in [0.29, 0.717) is 18.6 Å². The summed E-state index contributed by atoms with van der Waals surface area (Å²) >= 11 is 0. The molecule has 0 aliphatic rings. The summed E-state index contributed by atoms with van der Waals surface area (Å²) in [6, 6.07) is 1.00. The maximum absolute atomic E-state index is 13.3. The van der Waals surface area contributed by atoms with E-state index in [0.717, 1.165) is 18.6 Å². The molecule has 0 bridgehead atoms. The van der Waals surface area contributed by atoms with E-state index in [9.17, 15) is 26.7 Å². The predicted octanol–water partition coefficient (Wildman–Crippen LogP) is 4.34. The lowest BCUT2D eigenvalue weighted by atomic mass is 10.1. The van der Waals surface area contributed by atoms with Crippen LogP contribution in [-0.4, -0.2) is 12.6 Å². The Morgan fingerprint density at radius 1 is 1.24 bits per heavy atom. The van der Waals surface area contributed by atoms with Crippen LogP contribution in [0.1, 0.15) is 30.9 Å². The number of hydrogen-bond donors (Lipinski definition) is 0. The van der Waals surface area contributed by atoms with Crippen LogP contribution in [0, 0.1) is 11.6 Å². The van der Waals surface area contributed by atoms with Crippen LogP contribution < -0.4 is 0 Å². The second-order valence-corrected chi connectivity index (χ2v) is 4.21. The quantitative estimate of drug-likeness (QED) is 0.350. The Hall–Kier alpha value is -1.92. The highest BCUT2D eigenvalue weighted by Crippen LogP contribution is 2.34. The minimum Gasteiger partial charge on any atom is -0.463 e. The molecule has 2 nitrogen and oxygen atoms in total. The van der Waals surface area contributed by atoms with Crippen molar-refractivity contribution in [2.75, 3.05) is 6.61 Å². The lowest BCUT2D eigenvalue weighted by Crippen LogP contribution is -2.11. The molecule has 0 radical (unpaired) electrons. The standard InChI is InChI=1S/C14H13F5O2/c1-2-3-6-21-12(20)5-4-9-7-10(15)13(11(16)8-9)14(17,18)19/h4-5,7-8H,2-3,6H2,1H3. The fraction of sp³-hybridized carbons (Fsp3) is 0.357. The Balaban J connectivity index is 2.85. The first-order valence-electron chi connectivity index (χ1n) is 6.16. The molecular weight excluding hydrogens is 295 g/mol. The number of esters is 1. The van der Waals surface area contributed by atoms with Gasteiger partial charge >= 0.3 is 12.1 Å². The zero-order valence-corrected chi connectivity index (χ0v) is 11.1. The summed E-state index contributed by atoms with van der Waals surface area (Å²) in [7, 11) is 0. The maximum atomic E-state index is 13.3. The Kier molecular flexibility index (Phi) is 5.87. The Bertz CT molecular complexity index is 512. The van der Waals surface area contributed by atoms with Crippen LogP contribution in [0.5, 0.6) is 0 Å². The molecule has 116 valence electrons. The first-order chi connectivity index (χ1) is 9.75. The Morgan fingerprint density at radius 3 is 2.29 bits per heavy atom. The van der Waals surface area contributed by atoms with Crippen molar-refractivity contribution in [3.05, 3.63) is 41.0 Å². The van der Waals surface area contributed by atoms with E-state index in [2.05, 4.69) is 0 Å². The second kappa shape index (κ2) is 7.19. The topological polar surface area (TPSA) is 26.3 Å². The largest absolute Gasteiger partial charge is 0.463 e. The molecule has 7 heteroatoms. The van der Waals surface area contributed by atoms with Gasteiger partial charge in [-0.05, 0) is 30.2 Å². The number of halogens is 5. The second-order valence-electron chi connectivity index (χ2n) is 4.21. The van der Waals surface area contributed by atoms with Gasteiger partial charge < -0.3 is 4.74 Å². The van der Waals surface area contributed by atoms with Gasteiger partial charge in [0, 0.05) is 6.08 Å². The maximum Gasteiger partial charge on any atom is 0.422 e. The van der Waals surface area contributed by atoms with Crippen LogP contribution in [0.25, 0.3) is 6.08 Å². The van der Waals surface area contributed by atoms with E-state index in [1.54, 1.807) is 0 Å². The molecule has 0 N–H and O–H groups in total. The molecule has 0 saturated heterocycles. The summed E-state index contributed by atoms with van der Waals surface area (Å²) < 4.78 is 68.4. The molecular formula is C14H13F5O2. The van der Waals surface area contributed by atoms with Gasteiger partial charge in [-0.2, -0.15) is 13.2 Å². The van der Waals surface area contributed by atoms with E-state index >= 15 is 0 Å². The van der Waals surface area contributed by atoms with Gasteiger partial charge in [0.25, 0.3) is 0 Å². The third-order valence-corrected chi connectivity index (χ3v) is 2.50. The average Bonchev–Trinajstić information content (AvgIpc) is 2.34. The SMILES string of the molecule is CCCCOC(=O)C=Cc1cc(F)c(C(F)(F)F)c(F)c1. The molecule has 0 aromatic heterocycles. The van der Waals surface area contributed by atoms with Crippen molar-refractivity contribution in [3.63, 3.8) is 0 Å². The summed E-state index contributed by atoms with van der Waals surface area (Å²) in [4.78, 5) is 11.2. The molecule has 0 heterocycles. The van der Waals surface area contributed by atoms with Gasteiger partial charge in [-0.15, -0.1) is 0 Å². The van der Waals surface area contributed by atoms with E-state index in [-0.39, 0.29) is 12.2 Å². The number of hydrogen-bond acceptors (Lipinski definition) is 2. The van der Waals surface area contributed by atoms with Gasteiger partial charge in [-0.1, -0.05) is 13.3 Å². The molecule has 0 amide bonds. The molecule has 0 saturated carbocycles. The molecule has 0 aliphatic carbocycles. The van der Waals surface area contributed by atoms with Crippen molar-refractivity contribution < 1.29 is 31.5 Å². The molecule has 0 aliphatic heterocycles. The number of carbonyl (C=O) groups excluding carboxylic acids is 1. The van der Waals surface area contributed by atoms with Crippen LogP contribution in [0.3, 0.4) is 0 Å². The van der Waals surface area contributed by atoms with Gasteiger partial charge in [0.1, 0.15) is 17.2 Å². The molecule has 21 heavy (non-hydrogen) atoms.